The van der Waals surface area contributed by atoms with Gasteiger partial charge in [-0.1, -0.05) is 50.1 Å². The lowest BCUT2D eigenvalue weighted by molar-refractivity contribution is 1.20. The van der Waals surface area contributed by atoms with Gasteiger partial charge in [-0.3, -0.25) is 0 Å². The van der Waals surface area contributed by atoms with E-state index in [2.05, 4.69) is 19.7 Å². The first-order valence-corrected chi connectivity index (χ1v) is 4.00. The normalized spacial score (nSPS) is 12.4. The van der Waals surface area contributed by atoms with E-state index in [0.29, 0.717) is 0 Å². The largest absolute Gasteiger partial charge is 0.0991 e. The van der Waals surface area contributed by atoms with Gasteiger partial charge in [0, 0.05) is 0 Å². The molecular weight excluding hydrogens is 144 g/mol. The monoisotopic (exact) mass is 160 g/mol. The van der Waals surface area contributed by atoms with E-state index in [9.17, 15) is 0 Å². The molecule has 0 atom stereocenters. The van der Waals surface area contributed by atoms with Crippen molar-refractivity contribution in [2.24, 2.45) is 0 Å². The van der Waals surface area contributed by atoms with Crippen molar-refractivity contribution in [3.05, 3.63) is 61.3 Å². The molecule has 0 N–H and O–H groups in total. The van der Waals surface area contributed by atoms with Crippen LogP contribution in [0.25, 0.3) is 0 Å². The molecule has 0 aliphatic carbocycles. The molecule has 0 aromatic heterocycles. The summed E-state index contributed by atoms with van der Waals surface area (Å²) in [5.74, 6) is 0. The van der Waals surface area contributed by atoms with Crippen molar-refractivity contribution >= 4 is 0 Å². The Morgan fingerprint density at radius 2 is 1.67 bits per heavy atom. The van der Waals surface area contributed by atoms with Gasteiger partial charge in [0.05, 0.1) is 0 Å². The van der Waals surface area contributed by atoms with Crippen molar-refractivity contribution in [2.75, 3.05) is 0 Å². The standard InChI is InChI=1S/C12H16/c1-5-9-12(8-4)10-11(6-2)7-3/h5-9H,1-2,4,10H2,3H3/b11-7-,12-9-. The van der Waals surface area contributed by atoms with Crippen molar-refractivity contribution < 1.29 is 0 Å². The Hall–Kier alpha value is -1.30. The Bertz CT molecular complexity index is 226. The van der Waals surface area contributed by atoms with Crippen LogP contribution in [0.4, 0.5) is 0 Å². The Morgan fingerprint density at radius 3 is 2.00 bits per heavy atom. The first-order valence-electron chi connectivity index (χ1n) is 4.00. The Kier molecular flexibility index (Phi) is 5.72. The summed E-state index contributed by atoms with van der Waals surface area (Å²) in [5.41, 5.74) is 2.38. The summed E-state index contributed by atoms with van der Waals surface area (Å²) in [6, 6.07) is 0. The molecule has 64 valence electrons. The van der Waals surface area contributed by atoms with Gasteiger partial charge in [-0.25, -0.2) is 0 Å². The third kappa shape index (κ3) is 3.77. The second-order valence-corrected chi connectivity index (χ2v) is 2.43. The first kappa shape index (κ1) is 10.7. The van der Waals surface area contributed by atoms with Crippen molar-refractivity contribution in [1.29, 1.82) is 0 Å². The lowest BCUT2D eigenvalue weighted by Crippen LogP contribution is -1.81. The third-order valence-electron chi connectivity index (χ3n) is 1.64. The van der Waals surface area contributed by atoms with Gasteiger partial charge in [-0.2, -0.15) is 0 Å². The van der Waals surface area contributed by atoms with Gasteiger partial charge in [0.25, 0.3) is 0 Å². The van der Waals surface area contributed by atoms with E-state index in [-0.39, 0.29) is 0 Å². The van der Waals surface area contributed by atoms with E-state index in [1.165, 1.54) is 5.57 Å². The third-order valence-corrected chi connectivity index (χ3v) is 1.64. The minimum atomic E-state index is 0.884. The zero-order valence-corrected chi connectivity index (χ0v) is 7.72. The predicted octanol–water partition coefficient (Wildman–Crippen LogP) is 3.81. The molecule has 0 saturated heterocycles. The van der Waals surface area contributed by atoms with Gasteiger partial charge in [0.1, 0.15) is 0 Å². The smallest absolute Gasteiger partial charge is 0.00295 e. The van der Waals surface area contributed by atoms with Gasteiger partial charge in [0.2, 0.25) is 0 Å². The molecule has 0 aromatic carbocycles. The van der Waals surface area contributed by atoms with E-state index >= 15 is 0 Å². The molecule has 0 heterocycles. The summed E-state index contributed by atoms with van der Waals surface area (Å²) in [7, 11) is 0. The minimum Gasteiger partial charge on any atom is -0.0991 e. The number of hydrogen-bond donors (Lipinski definition) is 0. The van der Waals surface area contributed by atoms with Crippen LogP contribution < -0.4 is 0 Å². The van der Waals surface area contributed by atoms with Crippen LogP contribution in [0, 0.1) is 0 Å². The molecule has 0 saturated carbocycles. The quantitative estimate of drug-likeness (QED) is 0.536. The van der Waals surface area contributed by atoms with Crippen LogP contribution >= 0.6 is 0 Å². The van der Waals surface area contributed by atoms with E-state index in [1.807, 2.05) is 31.2 Å². The second kappa shape index (κ2) is 6.41. The fourth-order valence-corrected chi connectivity index (χ4v) is 0.878. The van der Waals surface area contributed by atoms with Gasteiger partial charge < -0.3 is 0 Å². The van der Waals surface area contributed by atoms with Crippen LogP contribution in [-0.4, -0.2) is 0 Å². The highest BCUT2D eigenvalue weighted by molar-refractivity contribution is 5.30. The fourth-order valence-electron chi connectivity index (χ4n) is 0.878. The Morgan fingerprint density at radius 1 is 1.08 bits per heavy atom. The van der Waals surface area contributed by atoms with Crippen LogP contribution in [0.1, 0.15) is 13.3 Å². The molecule has 0 amide bonds. The summed E-state index contributed by atoms with van der Waals surface area (Å²) in [6.45, 7) is 13.1. The van der Waals surface area contributed by atoms with Crippen LogP contribution in [-0.2, 0) is 0 Å². The maximum Gasteiger partial charge on any atom is -0.00295 e. The molecule has 0 aliphatic rings. The van der Waals surface area contributed by atoms with Crippen LogP contribution in [0.15, 0.2) is 61.3 Å². The maximum atomic E-state index is 3.72. The van der Waals surface area contributed by atoms with Gasteiger partial charge in [-0.05, 0) is 24.5 Å². The van der Waals surface area contributed by atoms with Crippen molar-refractivity contribution in [1.82, 2.24) is 0 Å². The molecule has 0 aliphatic heterocycles. The van der Waals surface area contributed by atoms with Crippen molar-refractivity contribution in [3.8, 4) is 0 Å². The maximum absolute atomic E-state index is 3.72. The average Bonchev–Trinajstić information content (AvgIpc) is 2.12. The molecule has 0 unspecified atom stereocenters. The molecule has 0 radical (unpaired) electrons. The fraction of sp³-hybridized carbons (Fsp3) is 0.167. The minimum absolute atomic E-state index is 0.884. The van der Waals surface area contributed by atoms with Crippen LogP contribution in [0.5, 0.6) is 0 Å². The van der Waals surface area contributed by atoms with Gasteiger partial charge in [0.15, 0.2) is 0 Å². The predicted molar refractivity (Wildman–Crippen MR) is 57.0 cm³/mol. The highest BCUT2D eigenvalue weighted by atomic mass is 14.0. The topological polar surface area (TPSA) is 0 Å². The molecule has 0 aromatic rings. The molecule has 0 nitrogen and oxygen atoms in total. The molecule has 0 spiro atoms. The van der Waals surface area contributed by atoms with E-state index in [0.717, 1.165) is 12.0 Å². The summed E-state index contributed by atoms with van der Waals surface area (Å²) in [4.78, 5) is 0. The Balaban J connectivity index is 4.39. The van der Waals surface area contributed by atoms with Crippen LogP contribution in [0.3, 0.4) is 0 Å². The molecule has 12 heavy (non-hydrogen) atoms. The summed E-state index contributed by atoms with van der Waals surface area (Å²) in [6.07, 6.45) is 10.4. The van der Waals surface area contributed by atoms with Crippen LogP contribution in [0.2, 0.25) is 0 Å². The van der Waals surface area contributed by atoms with Crippen molar-refractivity contribution in [3.63, 3.8) is 0 Å². The van der Waals surface area contributed by atoms with E-state index in [1.54, 1.807) is 6.08 Å². The van der Waals surface area contributed by atoms with Gasteiger partial charge >= 0.3 is 0 Å². The zero-order chi connectivity index (χ0) is 9.40. The number of allylic oxidation sites excluding steroid dienone is 7. The number of rotatable bonds is 5. The van der Waals surface area contributed by atoms with E-state index in [4.69, 9.17) is 0 Å². The van der Waals surface area contributed by atoms with Gasteiger partial charge in [-0.15, -0.1) is 0 Å². The summed E-state index contributed by atoms with van der Waals surface area (Å²) >= 11 is 0. The zero-order valence-electron chi connectivity index (χ0n) is 7.72. The Labute approximate surface area is 75.3 Å². The average molecular weight is 160 g/mol. The highest BCUT2D eigenvalue weighted by Gasteiger charge is 1.92. The highest BCUT2D eigenvalue weighted by Crippen LogP contribution is 2.12. The number of hydrogen-bond acceptors (Lipinski definition) is 0. The lowest BCUT2D eigenvalue weighted by Gasteiger charge is -2.00. The summed E-state index contributed by atoms with van der Waals surface area (Å²) < 4.78 is 0. The molecule has 0 bridgehead atoms. The molecule has 0 heteroatoms. The first-order chi connectivity index (χ1) is 5.78. The SMILES string of the molecule is C=C/C=C(/C=C)C/C(C=C)=C\C. The molecule has 0 fully saturated rings. The lowest BCUT2D eigenvalue weighted by atomic mass is 10.1. The molecular formula is C12H16. The van der Waals surface area contributed by atoms with E-state index < -0.39 is 0 Å². The second-order valence-electron chi connectivity index (χ2n) is 2.43. The summed E-state index contributed by atoms with van der Waals surface area (Å²) in [5, 5.41) is 0. The molecule has 0 rings (SSSR count). The van der Waals surface area contributed by atoms with Crippen molar-refractivity contribution in [2.45, 2.75) is 13.3 Å².